The number of hydrogen-bond acceptors (Lipinski definition) is 2. The molecule has 7 rings (SSSR count). The first kappa shape index (κ1) is 20.4. The Morgan fingerprint density at radius 1 is 0.500 bits per heavy atom. The van der Waals surface area contributed by atoms with Gasteiger partial charge in [0.2, 0.25) is 0 Å². The zero-order valence-corrected chi connectivity index (χ0v) is 19.4. The first-order valence-corrected chi connectivity index (χ1v) is 12.0. The van der Waals surface area contributed by atoms with Crippen LogP contribution in [0.2, 0.25) is 0 Å². The van der Waals surface area contributed by atoms with E-state index in [0.717, 1.165) is 28.0 Å². The van der Waals surface area contributed by atoms with Crippen LogP contribution in [0.15, 0.2) is 132 Å². The third-order valence-electron chi connectivity index (χ3n) is 6.73. The van der Waals surface area contributed by atoms with Gasteiger partial charge in [-0.3, -0.25) is 9.36 Å². The average Bonchev–Trinajstić information content (AvgIpc) is 3.28. The molecule has 4 heteroatoms. The molecule has 0 aliphatic carbocycles. The van der Waals surface area contributed by atoms with Crippen molar-refractivity contribution in [2.75, 3.05) is 0 Å². The Labute approximate surface area is 207 Å². The topological polar surface area (TPSA) is 39.8 Å². The lowest BCUT2D eigenvalue weighted by Crippen LogP contribution is -2.21. The third-order valence-corrected chi connectivity index (χ3v) is 6.73. The Hall–Kier alpha value is -4.96. The lowest BCUT2D eigenvalue weighted by Gasteiger charge is -2.15. The smallest absolute Gasteiger partial charge is 0.266 e. The van der Waals surface area contributed by atoms with Gasteiger partial charge in [0.05, 0.1) is 27.6 Å². The molecule has 0 atom stereocenters. The van der Waals surface area contributed by atoms with Crippen LogP contribution in [0.1, 0.15) is 0 Å². The molecule has 170 valence electrons. The van der Waals surface area contributed by atoms with Crippen molar-refractivity contribution in [1.82, 2.24) is 14.1 Å². The summed E-state index contributed by atoms with van der Waals surface area (Å²) in [4.78, 5) is 18.7. The molecule has 0 amide bonds. The molecule has 0 saturated heterocycles. The zero-order valence-electron chi connectivity index (χ0n) is 19.4. The van der Waals surface area contributed by atoms with Gasteiger partial charge in [-0.25, -0.2) is 4.98 Å². The highest BCUT2D eigenvalue weighted by atomic mass is 16.1. The molecule has 0 N–H and O–H groups in total. The van der Waals surface area contributed by atoms with E-state index in [0.29, 0.717) is 16.7 Å². The quantitative estimate of drug-likeness (QED) is 0.279. The molecule has 0 unspecified atom stereocenters. The third kappa shape index (κ3) is 3.08. The van der Waals surface area contributed by atoms with E-state index in [1.54, 1.807) is 4.57 Å². The van der Waals surface area contributed by atoms with Gasteiger partial charge in [0.25, 0.3) is 5.56 Å². The van der Waals surface area contributed by atoms with E-state index >= 15 is 0 Å². The predicted octanol–water partition coefficient (Wildman–Crippen LogP) is 7.15. The van der Waals surface area contributed by atoms with Crippen molar-refractivity contribution >= 4 is 32.7 Å². The highest BCUT2D eigenvalue weighted by Crippen LogP contribution is 2.33. The van der Waals surface area contributed by atoms with Gasteiger partial charge in [-0.05, 0) is 48.5 Å². The van der Waals surface area contributed by atoms with Crippen LogP contribution in [0, 0.1) is 0 Å². The van der Waals surface area contributed by atoms with Crippen LogP contribution in [-0.4, -0.2) is 14.1 Å². The molecule has 0 radical (unpaired) electrons. The number of rotatable bonds is 3. The predicted molar refractivity (Wildman–Crippen MR) is 147 cm³/mol. The normalized spacial score (nSPS) is 11.4. The van der Waals surface area contributed by atoms with Gasteiger partial charge in [0.15, 0.2) is 0 Å². The van der Waals surface area contributed by atoms with Gasteiger partial charge < -0.3 is 4.57 Å². The molecular formula is C32H21N3O. The van der Waals surface area contributed by atoms with E-state index in [1.165, 1.54) is 10.8 Å². The summed E-state index contributed by atoms with van der Waals surface area (Å²) >= 11 is 0. The van der Waals surface area contributed by atoms with Crippen molar-refractivity contribution in [2.24, 2.45) is 0 Å². The summed E-state index contributed by atoms with van der Waals surface area (Å²) in [5, 5.41) is 3.02. The minimum Gasteiger partial charge on any atom is -0.309 e. The molecular weight excluding hydrogens is 442 g/mol. The van der Waals surface area contributed by atoms with Crippen LogP contribution in [0.5, 0.6) is 0 Å². The molecule has 0 bridgehead atoms. The van der Waals surface area contributed by atoms with Crippen molar-refractivity contribution in [2.45, 2.75) is 0 Å². The maximum atomic E-state index is 13.7. The highest BCUT2D eigenvalue weighted by molar-refractivity contribution is 6.09. The van der Waals surface area contributed by atoms with Crippen molar-refractivity contribution < 1.29 is 0 Å². The minimum absolute atomic E-state index is 0.0796. The Morgan fingerprint density at radius 3 is 1.81 bits per heavy atom. The second-order valence-electron chi connectivity index (χ2n) is 8.85. The molecule has 36 heavy (non-hydrogen) atoms. The molecule has 2 heterocycles. The molecule has 4 nitrogen and oxygen atoms in total. The van der Waals surface area contributed by atoms with Crippen molar-refractivity contribution in [3.05, 3.63) is 138 Å². The Balaban J connectivity index is 1.53. The van der Waals surface area contributed by atoms with Crippen molar-refractivity contribution in [3.8, 4) is 22.8 Å². The number of fused-ring (bicyclic) bond motifs is 4. The average molecular weight is 464 g/mol. The number of benzene rings is 5. The molecule has 0 spiro atoms. The summed E-state index contributed by atoms with van der Waals surface area (Å²) in [6, 6.07) is 42.4. The molecule has 2 aromatic heterocycles. The summed E-state index contributed by atoms with van der Waals surface area (Å²) in [5.41, 5.74) is 5.58. The van der Waals surface area contributed by atoms with Crippen LogP contribution in [0.3, 0.4) is 0 Å². The fourth-order valence-corrected chi connectivity index (χ4v) is 5.13. The summed E-state index contributed by atoms with van der Waals surface area (Å²) in [7, 11) is 0. The van der Waals surface area contributed by atoms with Crippen LogP contribution in [-0.2, 0) is 0 Å². The number of nitrogens with zero attached hydrogens (tertiary/aromatic N) is 3. The minimum atomic E-state index is -0.0796. The van der Waals surface area contributed by atoms with E-state index in [9.17, 15) is 4.79 Å². The van der Waals surface area contributed by atoms with E-state index in [4.69, 9.17) is 4.98 Å². The Bertz CT molecular complexity index is 1910. The summed E-state index contributed by atoms with van der Waals surface area (Å²) in [6.45, 7) is 0. The van der Waals surface area contributed by atoms with Crippen LogP contribution >= 0.6 is 0 Å². The lowest BCUT2D eigenvalue weighted by atomic mass is 10.1. The fraction of sp³-hybridized carbons (Fsp3) is 0. The number of para-hydroxylation sites is 4. The zero-order chi connectivity index (χ0) is 24.1. The Kier molecular flexibility index (Phi) is 4.57. The first-order valence-electron chi connectivity index (χ1n) is 12.0. The fourth-order valence-electron chi connectivity index (χ4n) is 5.13. The monoisotopic (exact) mass is 463 g/mol. The standard InChI is InChI=1S/C32H21N3O/c36-32-27-17-4-7-18-28(27)33-31(35(32)23-12-2-1-3-13-23)22-11-10-14-24(21-22)34-29-19-8-5-15-25(29)26-16-6-9-20-30(26)34/h1-21H. The first-order chi connectivity index (χ1) is 17.8. The van der Waals surface area contributed by atoms with Gasteiger partial charge in [-0.1, -0.05) is 78.9 Å². The van der Waals surface area contributed by atoms with Gasteiger partial charge in [-0.2, -0.15) is 0 Å². The molecule has 0 aliphatic rings. The van der Waals surface area contributed by atoms with E-state index < -0.39 is 0 Å². The van der Waals surface area contributed by atoms with Gasteiger partial charge in [0, 0.05) is 22.0 Å². The second kappa shape index (κ2) is 8.07. The largest absolute Gasteiger partial charge is 0.309 e. The SMILES string of the molecule is O=c1c2ccccc2nc(-c2cccc(-n3c4ccccc4c4ccccc43)c2)n1-c1ccccc1. The number of aromatic nitrogens is 3. The molecule has 0 aliphatic heterocycles. The second-order valence-corrected chi connectivity index (χ2v) is 8.85. The van der Waals surface area contributed by atoms with Crippen molar-refractivity contribution in [1.29, 1.82) is 0 Å². The number of hydrogen-bond donors (Lipinski definition) is 0. The molecule has 0 fully saturated rings. The summed E-state index contributed by atoms with van der Waals surface area (Å²) in [6.07, 6.45) is 0. The van der Waals surface area contributed by atoms with Crippen LogP contribution in [0.25, 0.3) is 55.5 Å². The summed E-state index contributed by atoms with van der Waals surface area (Å²) in [5.74, 6) is 0.618. The maximum absolute atomic E-state index is 13.7. The van der Waals surface area contributed by atoms with Gasteiger partial charge in [0.1, 0.15) is 5.82 Å². The molecule has 0 saturated carbocycles. The van der Waals surface area contributed by atoms with E-state index in [-0.39, 0.29) is 5.56 Å². The molecule has 7 aromatic rings. The van der Waals surface area contributed by atoms with Gasteiger partial charge in [-0.15, -0.1) is 0 Å². The molecule has 5 aromatic carbocycles. The van der Waals surface area contributed by atoms with E-state index in [2.05, 4.69) is 65.2 Å². The van der Waals surface area contributed by atoms with E-state index in [1.807, 2.05) is 66.7 Å². The van der Waals surface area contributed by atoms with Crippen LogP contribution < -0.4 is 5.56 Å². The maximum Gasteiger partial charge on any atom is 0.266 e. The van der Waals surface area contributed by atoms with Crippen molar-refractivity contribution in [3.63, 3.8) is 0 Å². The lowest BCUT2D eigenvalue weighted by molar-refractivity contribution is 0.975. The summed E-state index contributed by atoms with van der Waals surface area (Å²) < 4.78 is 3.99. The van der Waals surface area contributed by atoms with Gasteiger partial charge >= 0.3 is 0 Å². The Morgan fingerprint density at radius 2 is 1.08 bits per heavy atom. The van der Waals surface area contributed by atoms with Crippen LogP contribution in [0.4, 0.5) is 0 Å². The highest BCUT2D eigenvalue weighted by Gasteiger charge is 2.16.